The molecule has 20 heavy (non-hydrogen) atoms. The van der Waals surface area contributed by atoms with Crippen LogP contribution in [0.5, 0.6) is 5.75 Å². The molecule has 0 unspecified atom stereocenters. The van der Waals surface area contributed by atoms with Gasteiger partial charge < -0.3 is 10.4 Å². The smallest absolute Gasteiger partial charge is 0.420 e. The maximum absolute atomic E-state index is 13.5. The van der Waals surface area contributed by atoms with E-state index < -0.39 is 28.9 Å². The van der Waals surface area contributed by atoms with E-state index in [9.17, 15) is 23.1 Å². The number of alkyl halides is 3. The summed E-state index contributed by atoms with van der Waals surface area (Å²) in [5, 5.41) is 14.3. The van der Waals surface area contributed by atoms with Gasteiger partial charge in [0, 0.05) is 18.7 Å². The maximum atomic E-state index is 13.5. The monoisotopic (exact) mass is 288 g/mol. The lowest BCUT2D eigenvalue weighted by Crippen LogP contribution is -2.67. The van der Waals surface area contributed by atoms with Crippen LogP contribution in [0.2, 0.25) is 0 Å². The number of phenols is 1. The molecular formula is C13H15F3N2O2. The summed E-state index contributed by atoms with van der Waals surface area (Å²) in [7, 11) is 0. The first-order valence-electron chi connectivity index (χ1n) is 6.11. The van der Waals surface area contributed by atoms with Crippen LogP contribution in [0.1, 0.15) is 16.7 Å². The molecule has 1 amide bonds. The number of aromatic hydroxyl groups is 1. The molecule has 4 nitrogen and oxygen atoms in total. The zero-order chi connectivity index (χ0) is 15.1. The highest BCUT2D eigenvalue weighted by molar-refractivity contribution is 5.90. The number of aryl methyl sites for hydroxylation is 2. The summed E-state index contributed by atoms with van der Waals surface area (Å²) in [5.41, 5.74) is -2.15. The fourth-order valence-corrected chi connectivity index (χ4v) is 2.34. The highest BCUT2D eigenvalue weighted by atomic mass is 19.4. The van der Waals surface area contributed by atoms with Crippen molar-refractivity contribution < 1.29 is 23.1 Å². The molecule has 0 radical (unpaired) electrons. The lowest BCUT2D eigenvalue weighted by Gasteiger charge is -2.39. The number of piperazine rings is 1. The Kier molecular flexibility index (Phi) is 3.41. The molecule has 0 spiro atoms. The molecule has 0 aliphatic carbocycles. The van der Waals surface area contributed by atoms with Gasteiger partial charge in [-0.2, -0.15) is 13.2 Å². The summed E-state index contributed by atoms with van der Waals surface area (Å²) < 4.78 is 40.5. The van der Waals surface area contributed by atoms with Crippen molar-refractivity contribution in [2.45, 2.75) is 25.6 Å². The third-order valence-electron chi connectivity index (χ3n) is 3.58. The van der Waals surface area contributed by atoms with Crippen LogP contribution in [0.25, 0.3) is 0 Å². The average Bonchev–Trinajstić information content (AvgIpc) is 2.33. The van der Waals surface area contributed by atoms with Gasteiger partial charge in [-0.05, 0) is 37.1 Å². The van der Waals surface area contributed by atoms with E-state index in [1.807, 2.05) is 0 Å². The van der Waals surface area contributed by atoms with E-state index in [-0.39, 0.29) is 13.1 Å². The van der Waals surface area contributed by atoms with E-state index >= 15 is 0 Å². The van der Waals surface area contributed by atoms with Crippen molar-refractivity contribution in [3.63, 3.8) is 0 Å². The molecule has 2 rings (SSSR count). The molecule has 3 N–H and O–H groups in total. The molecule has 110 valence electrons. The van der Waals surface area contributed by atoms with Gasteiger partial charge in [0.2, 0.25) is 5.54 Å². The minimum Gasteiger partial charge on any atom is -0.508 e. The number of carbonyl (C=O) groups excluding carboxylic acids is 1. The first-order chi connectivity index (χ1) is 9.20. The van der Waals surface area contributed by atoms with Crippen LogP contribution in [0.4, 0.5) is 13.2 Å². The molecule has 7 heteroatoms. The number of amides is 1. The van der Waals surface area contributed by atoms with Crippen molar-refractivity contribution in [2.75, 3.05) is 13.1 Å². The van der Waals surface area contributed by atoms with Crippen LogP contribution in [-0.4, -0.2) is 30.3 Å². The molecule has 1 aromatic carbocycles. The molecule has 0 aromatic heterocycles. The molecule has 1 aliphatic heterocycles. The number of phenolic OH excluding ortho intramolecular Hbond substituents is 1. The standard InChI is InChI=1S/C13H15F3N2O2/c1-7-5-9(10(19)6-8(7)2)12(13(14,15)16)11(20)17-3-4-18-12/h5-6,18-19H,3-4H2,1-2H3,(H,17,20)/t12-/m1/s1. The van der Waals surface area contributed by atoms with Gasteiger partial charge in [0.25, 0.3) is 5.91 Å². The Hall–Kier alpha value is -1.76. The first kappa shape index (κ1) is 14.6. The Morgan fingerprint density at radius 1 is 1.20 bits per heavy atom. The zero-order valence-electron chi connectivity index (χ0n) is 11.1. The summed E-state index contributed by atoms with van der Waals surface area (Å²) >= 11 is 0. The Balaban J connectivity index is 2.70. The predicted octanol–water partition coefficient (Wildman–Crippen LogP) is 1.49. The average molecular weight is 288 g/mol. The Labute approximate surface area is 114 Å². The molecule has 1 fully saturated rings. The lowest BCUT2D eigenvalue weighted by atomic mass is 9.84. The SMILES string of the molecule is Cc1cc(O)c([C@@]2(C(F)(F)F)NCCNC2=O)cc1C. The molecule has 1 aromatic rings. The van der Waals surface area contributed by atoms with Crippen LogP contribution >= 0.6 is 0 Å². The largest absolute Gasteiger partial charge is 0.508 e. The summed E-state index contributed by atoms with van der Waals surface area (Å²) in [6, 6.07) is 2.44. The van der Waals surface area contributed by atoms with Gasteiger partial charge in [0.05, 0.1) is 0 Å². The minimum absolute atomic E-state index is 0.0301. The van der Waals surface area contributed by atoms with E-state index in [0.29, 0.717) is 11.1 Å². The normalized spacial score (nSPS) is 23.6. The van der Waals surface area contributed by atoms with E-state index in [4.69, 9.17) is 0 Å². The van der Waals surface area contributed by atoms with Gasteiger partial charge in [0.1, 0.15) is 5.75 Å². The molecule has 1 atom stereocenters. The summed E-state index contributed by atoms with van der Waals surface area (Å²) in [6.07, 6.45) is -4.86. The second-order valence-electron chi connectivity index (χ2n) is 4.88. The van der Waals surface area contributed by atoms with Crippen LogP contribution < -0.4 is 10.6 Å². The number of halogens is 3. The minimum atomic E-state index is -4.86. The van der Waals surface area contributed by atoms with Crippen molar-refractivity contribution >= 4 is 5.91 Å². The van der Waals surface area contributed by atoms with Gasteiger partial charge in [-0.1, -0.05) is 0 Å². The van der Waals surface area contributed by atoms with E-state index in [2.05, 4.69) is 10.6 Å². The molecule has 1 heterocycles. The highest BCUT2D eigenvalue weighted by Crippen LogP contribution is 2.44. The van der Waals surface area contributed by atoms with Crippen molar-refractivity contribution in [3.05, 3.63) is 28.8 Å². The van der Waals surface area contributed by atoms with Crippen molar-refractivity contribution in [1.29, 1.82) is 0 Å². The third kappa shape index (κ3) is 2.02. The summed E-state index contributed by atoms with van der Waals surface area (Å²) in [6.45, 7) is 3.39. The zero-order valence-corrected chi connectivity index (χ0v) is 11.1. The van der Waals surface area contributed by atoms with Gasteiger partial charge in [0.15, 0.2) is 0 Å². The predicted molar refractivity (Wildman–Crippen MR) is 66.3 cm³/mol. The maximum Gasteiger partial charge on any atom is 0.420 e. The van der Waals surface area contributed by atoms with E-state index in [1.54, 1.807) is 13.8 Å². The summed E-state index contributed by atoms with van der Waals surface area (Å²) in [4.78, 5) is 11.9. The first-order valence-corrected chi connectivity index (χ1v) is 6.11. The fourth-order valence-electron chi connectivity index (χ4n) is 2.34. The van der Waals surface area contributed by atoms with Crippen molar-refractivity contribution in [2.24, 2.45) is 0 Å². The topological polar surface area (TPSA) is 61.4 Å². The number of carbonyl (C=O) groups is 1. The summed E-state index contributed by atoms with van der Waals surface area (Å²) in [5.74, 6) is -1.75. The van der Waals surface area contributed by atoms with E-state index in [0.717, 1.165) is 0 Å². The van der Waals surface area contributed by atoms with Gasteiger partial charge >= 0.3 is 6.18 Å². The van der Waals surface area contributed by atoms with Crippen LogP contribution in [-0.2, 0) is 10.3 Å². The van der Waals surface area contributed by atoms with Crippen LogP contribution in [0.3, 0.4) is 0 Å². The number of hydrogen-bond donors (Lipinski definition) is 3. The molecule has 1 saturated heterocycles. The Morgan fingerprint density at radius 3 is 2.35 bits per heavy atom. The van der Waals surface area contributed by atoms with Gasteiger partial charge in [-0.25, -0.2) is 0 Å². The fraction of sp³-hybridized carbons (Fsp3) is 0.462. The molecular weight excluding hydrogens is 273 g/mol. The quantitative estimate of drug-likeness (QED) is 0.733. The Morgan fingerprint density at radius 2 is 1.80 bits per heavy atom. The highest BCUT2D eigenvalue weighted by Gasteiger charge is 2.63. The number of hydrogen-bond acceptors (Lipinski definition) is 3. The molecule has 1 aliphatic rings. The number of benzene rings is 1. The third-order valence-corrected chi connectivity index (χ3v) is 3.58. The number of rotatable bonds is 1. The van der Waals surface area contributed by atoms with Gasteiger partial charge in [-0.15, -0.1) is 0 Å². The second kappa shape index (κ2) is 4.66. The van der Waals surface area contributed by atoms with Gasteiger partial charge in [-0.3, -0.25) is 10.1 Å². The lowest BCUT2D eigenvalue weighted by molar-refractivity contribution is -0.206. The molecule has 0 bridgehead atoms. The second-order valence-corrected chi connectivity index (χ2v) is 4.88. The molecule has 0 saturated carbocycles. The Bertz CT molecular complexity index is 557. The number of nitrogens with one attached hydrogen (secondary N) is 2. The van der Waals surface area contributed by atoms with E-state index in [1.165, 1.54) is 12.1 Å². The van der Waals surface area contributed by atoms with Crippen LogP contribution in [0, 0.1) is 13.8 Å². The van der Waals surface area contributed by atoms with Crippen LogP contribution in [0.15, 0.2) is 12.1 Å². The van der Waals surface area contributed by atoms with Crippen molar-refractivity contribution in [3.8, 4) is 5.75 Å². The van der Waals surface area contributed by atoms with Crippen molar-refractivity contribution in [1.82, 2.24) is 10.6 Å².